The van der Waals surface area contributed by atoms with Crippen LogP contribution in [0.25, 0.3) is 0 Å². The van der Waals surface area contributed by atoms with E-state index < -0.39 is 30.3 Å². The van der Waals surface area contributed by atoms with E-state index in [0.29, 0.717) is 12.5 Å². The van der Waals surface area contributed by atoms with Gasteiger partial charge in [0.15, 0.2) is 0 Å². The van der Waals surface area contributed by atoms with Crippen molar-refractivity contribution in [2.75, 3.05) is 6.54 Å². The van der Waals surface area contributed by atoms with Gasteiger partial charge in [-0.25, -0.2) is 0 Å². The molecule has 2 aliphatic carbocycles. The van der Waals surface area contributed by atoms with Crippen molar-refractivity contribution in [1.82, 2.24) is 5.32 Å². The third-order valence-corrected chi connectivity index (χ3v) is 4.78. The lowest BCUT2D eigenvalue weighted by molar-refractivity contribution is -0.165. The molecule has 1 saturated carbocycles. The first-order valence-electron chi connectivity index (χ1n) is 8.22. The zero-order chi connectivity index (χ0) is 18.8. The molecule has 3 N–H and O–H groups in total. The van der Waals surface area contributed by atoms with E-state index in [1.807, 2.05) is 0 Å². The summed E-state index contributed by atoms with van der Waals surface area (Å²) in [6.45, 7) is 4.09. The first kappa shape index (κ1) is 19.9. The van der Waals surface area contributed by atoms with Gasteiger partial charge in [0.2, 0.25) is 0 Å². The summed E-state index contributed by atoms with van der Waals surface area (Å²) in [7, 11) is 0. The molecule has 0 saturated heterocycles. The Balaban J connectivity index is 2.06. The predicted octanol–water partition coefficient (Wildman–Crippen LogP) is 4.60. The Labute approximate surface area is 142 Å². The average molecular weight is 368 g/mol. The van der Waals surface area contributed by atoms with Gasteiger partial charge in [0, 0.05) is 23.9 Å². The van der Waals surface area contributed by atoms with Gasteiger partial charge in [0.1, 0.15) is 0 Å². The summed E-state index contributed by atoms with van der Waals surface area (Å²) in [5.74, 6) is -1.86. The van der Waals surface area contributed by atoms with Crippen LogP contribution in [0, 0.1) is 11.8 Å². The van der Waals surface area contributed by atoms with Gasteiger partial charge in [-0.3, -0.25) is 0 Å². The van der Waals surface area contributed by atoms with Crippen LogP contribution in [0.3, 0.4) is 0 Å². The van der Waals surface area contributed by atoms with Crippen molar-refractivity contribution in [1.29, 1.82) is 0 Å². The fraction of sp³-hybridized carbons (Fsp3) is 0.647. The lowest BCUT2D eigenvalue weighted by atomic mass is 9.86. The minimum Gasteiger partial charge on any atom is -0.385 e. The largest absolute Gasteiger partial charge is 0.412 e. The van der Waals surface area contributed by atoms with E-state index in [2.05, 4.69) is 11.9 Å². The molecular weight excluding hydrogens is 346 g/mol. The molecule has 1 fully saturated rings. The van der Waals surface area contributed by atoms with Crippen LogP contribution >= 0.6 is 0 Å². The number of halogens is 6. The highest BCUT2D eigenvalue weighted by molar-refractivity contribution is 5.43. The highest BCUT2D eigenvalue weighted by Gasteiger charge is 2.45. The van der Waals surface area contributed by atoms with Crippen molar-refractivity contribution in [3.05, 3.63) is 35.6 Å². The van der Waals surface area contributed by atoms with E-state index in [9.17, 15) is 26.3 Å². The molecule has 0 aromatic rings. The van der Waals surface area contributed by atoms with Gasteiger partial charge in [0.05, 0.1) is 5.92 Å². The van der Waals surface area contributed by atoms with E-state index in [0.717, 1.165) is 37.8 Å². The van der Waals surface area contributed by atoms with Crippen molar-refractivity contribution >= 4 is 0 Å². The number of hydrogen-bond acceptors (Lipinski definition) is 2. The molecule has 25 heavy (non-hydrogen) atoms. The Morgan fingerprint density at radius 2 is 1.72 bits per heavy atom. The second-order valence-electron chi connectivity index (χ2n) is 6.78. The molecule has 0 radical (unpaired) electrons. The molecule has 2 rings (SSSR count). The number of allylic oxidation sites excluding steroid dienone is 3. The molecule has 0 aliphatic heterocycles. The van der Waals surface area contributed by atoms with Gasteiger partial charge in [-0.1, -0.05) is 12.7 Å². The second-order valence-corrected chi connectivity index (χ2v) is 6.78. The minimum absolute atomic E-state index is 0.0885. The number of rotatable bonds is 4. The number of nitrogens with two attached hydrogens (primary N) is 1. The fourth-order valence-corrected chi connectivity index (χ4v) is 3.16. The van der Waals surface area contributed by atoms with E-state index >= 15 is 0 Å². The first-order chi connectivity index (χ1) is 11.5. The number of nitrogens with one attached hydrogen (secondary N) is 1. The van der Waals surface area contributed by atoms with Gasteiger partial charge in [-0.15, -0.1) is 0 Å². The van der Waals surface area contributed by atoms with Gasteiger partial charge in [-0.05, 0) is 49.7 Å². The SMILES string of the molecule is C=C(NCC1CCC(N)CC1)C1=CC(C(F)(F)F)CC(C(F)(F)F)=C1. The number of alkyl halides is 6. The van der Waals surface area contributed by atoms with Crippen LogP contribution in [0.1, 0.15) is 32.1 Å². The monoisotopic (exact) mass is 368 g/mol. The summed E-state index contributed by atoms with van der Waals surface area (Å²) in [6, 6.07) is 0.172. The van der Waals surface area contributed by atoms with Crippen molar-refractivity contribution in [2.45, 2.75) is 50.5 Å². The van der Waals surface area contributed by atoms with Crippen LogP contribution in [0.5, 0.6) is 0 Å². The van der Waals surface area contributed by atoms with Crippen LogP contribution in [-0.2, 0) is 0 Å². The molecule has 0 bridgehead atoms. The van der Waals surface area contributed by atoms with Crippen LogP contribution in [0.4, 0.5) is 26.3 Å². The molecule has 2 aliphatic rings. The molecule has 142 valence electrons. The van der Waals surface area contributed by atoms with Crippen LogP contribution in [0.15, 0.2) is 35.6 Å². The highest BCUT2D eigenvalue weighted by Crippen LogP contribution is 2.42. The van der Waals surface area contributed by atoms with Crippen LogP contribution in [-0.4, -0.2) is 24.9 Å². The highest BCUT2D eigenvalue weighted by atomic mass is 19.4. The average Bonchev–Trinajstić information content (AvgIpc) is 2.52. The lowest BCUT2D eigenvalue weighted by Crippen LogP contribution is -2.32. The Morgan fingerprint density at radius 3 is 2.24 bits per heavy atom. The molecule has 0 aromatic heterocycles. The molecule has 0 amide bonds. The maximum Gasteiger partial charge on any atom is 0.412 e. The van der Waals surface area contributed by atoms with Gasteiger partial charge in [-0.2, -0.15) is 26.3 Å². The van der Waals surface area contributed by atoms with Gasteiger partial charge >= 0.3 is 12.4 Å². The second kappa shape index (κ2) is 7.43. The number of hydrogen-bond donors (Lipinski definition) is 2. The van der Waals surface area contributed by atoms with E-state index in [4.69, 9.17) is 5.73 Å². The van der Waals surface area contributed by atoms with Gasteiger partial charge in [0.25, 0.3) is 0 Å². The quantitative estimate of drug-likeness (QED) is 0.712. The standard InChI is InChI=1S/C17H22F6N2/c1-10(25-9-11-2-4-15(24)5-3-11)12-6-13(16(18,19)20)8-14(7-12)17(21,22)23/h6-7,11,13,15,25H,1-5,8-9,24H2. The van der Waals surface area contributed by atoms with Gasteiger partial charge < -0.3 is 11.1 Å². The topological polar surface area (TPSA) is 38.0 Å². The summed E-state index contributed by atoms with van der Waals surface area (Å²) in [5.41, 5.74) is 4.58. The van der Waals surface area contributed by atoms with Crippen molar-refractivity contribution in [3.63, 3.8) is 0 Å². The van der Waals surface area contributed by atoms with Crippen molar-refractivity contribution < 1.29 is 26.3 Å². The molecule has 8 heteroatoms. The first-order valence-corrected chi connectivity index (χ1v) is 8.22. The molecule has 2 nitrogen and oxygen atoms in total. The summed E-state index contributed by atoms with van der Waals surface area (Å²) in [6.07, 6.45) is -5.52. The normalized spacial score (nSPS) is 28.2. The summed E-state index contributed by atoms with van der Waals surface area (Å²) in [5, 5.41) is 2.90. The Kier molecular flexibility index (Phi) is 5.91. The zero-order valence-corrected chi connectivity index (χ0v) is 13.7. The van der Waals surface area contributed by atoms with E-state index in [1.165, 1.54) is 0 Å². The summed E-state index contributed by atoms with van der Waals surface area (Å²) in [4.78, 5) is 0. The van der Waals surface area contributed by atoms with Crippen LogP contribution < -0.4 is 11.1 Å². The maximum atomic E-state index is 13.0. The third kappa shape index (κ3) is 5.52. The minimum atomic E-state index is -4.79. The summed E-state index contributed by atoms with van der Waals surface area (Å²) < 4.78 is 77.6. The fourth-order valence-electron chi connectivity index (χ4n) is 3.16. The predicted molar refractivity (Wildman–Crippen MR) is 83.5 cm³/mol. The van der Waals surface area contributed by atoms with Crippen molar-refractivity contribution in [3.8, 4) is 0 Å². The molecular formula is C17H22F6N2. The van der Waals surface area contributed by atoms with E-state index in [1.54, 1.807) is 0 Å². The Morgan fingerprint density at radius 1 is 1.12 bits per heavy atom. The Hall–Kier alpha value is -1.44. The Bertz CT molecular complexity index is 550. The molecule has 1 unspecified atom stereocenters. The van der Waals surface area contributed by atoms with Crippen LogP contribution in [0.2, 0.25) is 0 Å². The van der Waals surface area contributed by atoms with E-state index in [-0.39, 0.29) is 17.3 Å². The maximum absolute atomic E-state index is 13.0. The summed E-state index contributed by atoms with van der Waals surface area (Å²) >= 11 is 0. The third-order valence-electron chi connectivity index (χ3n) is 4.78. The lowest BCUT2D eigenvalue weighted by Gasteiger charge is -2.28. The molecule has 1 atom stereocenters. The smallest absolute Gasteiger partial charge is 0.385 e. The molecule has 0 heterocycles. The molecule has 0 spiro atoms. The zero-order valence-electron chi connectivity index (χ0n) is 13.7. The molecule has 0 aromatic carbocycles. The van der Waals surface area contributed by atoms with Crippen molar-refractivity contribution in [2.24, 2.45) is 17.6 Å².